The predicted octanol–water partition coefficient (Wildman–Crippen LogP) is 2.34. The molecule has 3 amide bonds. The highest BCUT2D eigenvalue weighted by Gasteiger charge is 2.27. The molecule has 1 unspecified atom stereocenters. The van der Waals surface area contributed by atoms with E-state index >= 15 is 0 Å². The van der Waals surface area contributed by atoms with Gasteiger partial charge in [0.25, 0.3) is 0 Å². The molecule has 2 aliphatic rings. The van der Waals surface area contributed by atoms with Crippen molar-refractivity contribution in [2.45, 2.75) is 32.7 Å². The molecule has 1 fully saturated rings. The quantitative estimate of drug-likeness (QED) is 0.631. The van der Waals surface area contributed by atoms with E-state index in [-0.39, 0.29) is 24.4 Å². The fourth-order valence-electron chi connectivity index (χ4n) is 4.43. The first-order chi connectivity index (χ1) is 16.4. The van der Waals surface area contributed by atoms with Gasteiger partial charge in [-0.3, -0.25) is 19.3 Å². The Hall–Kier alpha value is -3.17. The van der Waals surface area contributed by atoms with Crippen LogP contribution in [0.5, 0.6) is 0 Å². The first-order valence-corrected chi connectivity index (χ1v) is 11.8. The van der Waals surface area contributed by atoms with E-state index in [4.69, 9.17) is 9.15 Å². The van der Waals surface area contributed by atoms with Crippen LogP contribution in [0.25, 0.3) is 0 Å². The Morgan fingerprint density at radius 3 is 2.56 bits per heavy atom. The molecule has 9 nitrogen and oxygen atoms in total. The number of morpholine rings is 1. The molecule has 2 aromatic rings. The van der Waals surface area contributed by atoms with Crippen molar-refractivity contribution >= 4 is 29.1 Å². The summed E-state index contributed by atoms with van der Waals surface area (Å²) < 4.78 is 11.0. The molecule has 0 radical (unpaired) electrons. The molecule has 9 heteroatoms. The zero-order chi connectivity index (χ0) is 24.1. The van der Waals surface area contributed by atoms with Crippen LogP contribution < -0.4 is 15.5 Å². The van der Waals surface area contributed by atoms with Gasteiger partial charge in [0.2, 0.25) is 5.91 Å². The summed E-state index contributed by atoms with van der Waals surface area (Å²) in [6.07, 6.45) is 3.38. The highest BCUT2D eigenvalue weighted by Crippen LogP contribution is 2.31. The third-order valence-corrected chi connectivity index (χ3v) is 6.24. The summed E-state index contributed by atoms with van der Waals surface area (Å²) in [4.78, 5) is 41.8. The molecule has 1 atom stereocenters. The number of nitrogens with one attached hydrogen (secondary N) is 2. The summed E-state index contributed by atoms with van der Waals surface area (Å²) in [5, 5.41) is 5.41. The highest BCUT2D eigenvalue weighted by atomic mass is 16.5. The van der Waals surface area contributed by atoms with Crippen LogP contribution >= 0.6 is 0 Å². The first-order valence-electron chi connectivity index (χ1n) is 11.8. The monoisotopic (exact) mass is 468 g/mol. The molecule has 1 saturated heterocycles. The molecule has 0 aliphatic carbocycles. The zero-order valence-electron chi connectivity index (χ0n) is 19.7. The van der Waals surface area contributed by atoms with Crippen molar-refractivity contribution in [1.29, 1.82) is 0 Å². The van der Waals surface area contributed by atoms with E-state index in [1.165, 1.54) is 0 Å². The number of nitrogens with zero attached hydrogens (tertiary/aromatic N) is 2. The number of benzene rings is 1. The van der Waals surface area contributed by atoms with Gasteiger partial charge in [-0.05, 0) is 42.7 Å². The SMILES string of the molecule is CC(C)C(=O)N1CCCc2ccc(NC(=O)C(=O)NCC(c3ccco3)N3CCOCC3)cc21. The second-order valence-corrected chi connectivity index (χ2v) is 8.94. The number of anilines is 2. The van der Waals surface area contributed by atoms with E-state index in [0.29, 0.717) is 38.5 Å². The minimum absolute atomic E-state index is 0.0502. The molecule has 0 spiro atoms. The van der Waals surface area contributed by atoms with E-state index in [1.54, 1.807) is 29.4 Å². The Bertz CT molecular complexity index is 1010. The normalized spacial score (nSPS) is 17.2. The maximum Gasteiger partial charge on any atom is 0.313 e. The minimum Gasteiger partial charge on any atom is -0.468 e. The Kier molecular flexibility index (Phi) is 7.64. The molecule has 1 aromatic carbocycles. The maximum atomic E-state index is 12.6. The maximum absolute atomic E-state index is 12.6. The second kappa shape index (κ2) is 10.8. The van der Waals surface area contributed by atoms with Gasteiger partial charge in [0.1, 0.15) is 5.76 Å². The van der Waals surface area contributed by atoms with Crippen molar-refractivity contribution in [3.8, 4) is 0 Å². The van der Waals surface area contributed by atoms with Gasteiger partial charge in [0.05, 0.1) is 25.5 Å². The lowest BCUT2D eigenvalue weighted by Crippen LogP contribution is -2.45. The van der Waals surface area contributed by atoms with Crippen LogP contribution in [0.15, 0.2) is 41.0 Å². The Balaban J connectivity index is 1.40. The molecule has 1 aromatic heterocycles. The lowest BCUT2D eigenvalue weighted by molar-refractivity contribution is -0.136. The third kappa shape index (κ3) is 5.48. The Labute approximate surface area is 199 Å². The summed E-state index contributed by atoms with van der Waals surface area (Å²) in [6.45, 7) is 7.29. The average molecular weight is 469 g/mol. The summed E-state index contributed by atoms with van der Waals surface area (Å²) >= 11 is 0. The topological polar surface area (TPSA) is 104 Å². The predicted molar refractivity (Wildman–Crippen MR) is 127 cm³/mol. The molecule has 0 saturated carbocycles. The van der Waals surface area contributed by atoms with Crippen molar-refractivity contribution in [3.63, 3.8) is 0 Å². The molecule has 4 rings (SSSR count). The summed E-state index contributed by atoms with van der Waals surface area (Å²) in [5.41, 5.74) is 2.35. The number of carbonyl (C=O) groups is 3. The number of hydrogen-bond acceptors (Lipinski definition) is 6. The third-order valence-electron chi connectivity index (χ3n) is 6.24. The lowest BCUT2D eigenvalue weighted by atomic mass is 9.99. The Morgan fingerprint density at radius 1 is 1.06 bits per heavy atom. The van der Waals surface area contributed by atoms with Gasteiger partial charge >= 0.3 is 11.8 Å². The molecule has 2 aliphatic heterocycles. The van der Waals surface area contributed by atoms with E-state index in [9.17, 15) is 14.4 Å². The molecular weight excluding hydrogens is 436 g/mol. The van der Waals surface area contributed by atoms with Gasteiger partial charge in [-0.15, -0.1) is 0 Å². The molecule has 2 N–H and O–H groups in total. The standard InChI is InChI=1S/C25H32N4O5/c1-17(2)25(32)29-9-3-5-18-7-8-19(15-20(18)29)27-24(31)23(30)26-16-21(22-6-4-12-34-22)28-10-13-33-14-11-28/h4,6-8,12,15,17,21H,3,5,9-11,13-14,16H2,1-2H3,(H,26,30)(H,27,31). The smallest absolute Gasteiger partial charge is 0.313 e. The van der Waals surface area contributed by atoms with Crippen LogP contribution in [0.2, 0.25) is 0 Å². The zero-order valence-corrected chi connectivity index (χ0v) is 19.7. The minimum atomic E-state index is -0.752. The number of fused-ring (bicyclic) bond motifs is 1. The highest BCUT2D eigenvalue weighted by molar-refractivity contribution is 6.39. The summed E-state index contributed by atoms with van der Waals surface area (Å²) in [7, 11) is 0. The Morgan fingerprint density at radius 2 is 1.85 bits per heavy atom. The van der Waals surface area contributed by atoms with Gasteiger partial charge in [-0.2, -0.15) is 0 Å². The van der Waals surface area contributed by atoms with Gasteiger partial charge in [-0.1, -0.05) is 19.9 Å². The fourth-order valence-corrected chi connectivity index (χ4v) is 4.43. The number of aryl methyl sites for hydroxylation is 1. The summed E-state index contributed by atoms with van der Waals surface area (Å²) in [6, 6.07) is 8.94. The van der Waals surface area contributed by atoms with Crippen molar-refractivity contribution in [2.75, 3.05) is 49.6 Å². The molecule has 182 valence electrons. The van der Waals surface area contributed by atoms with Crippen LogP contribution in [0.3, 0.4) is 0 Å². The number of ether oxygens (including phenoxy) is 1. The summed E-state index contributed by atoms with van der Waals surface area (Å²) in [5.74, 6) is -0.819. The number of hydrogen-bond donors (Lipinski definition) is 2. The lowest BCUT2D eigenvalue weighted by Gasteiger charge is -2.33. The van der Waals surface area contributed by atoms with Gasteiger partial charge in [0.15, 0.2) is 0 Å². The fraction of sp³-hybridized carbons (Fsp3) is 0.480. The van der Waals surface area contributed by atoms with E-state index in [1.807, 2.05) is 26.0 Å². The van der Waals surface area contributed by atoms with Crippen molar-refractivity contribution in [2.24, 2.45) is 5.92 Å². The van der Waals surface area contributed by atoms with Crippen LogP contribution in [-0.4, -0.2) is 62.0 Å². The van der Waals surface area contributed by atoms with Crippen molar-refractivity contribution < 1.29 is 23.5 Å². The molecule has 34 heavy (non-hydrogen) atoms. The van der Waals surface area contributed by atoms with E-state index in [0.717, 1.165) is 29.9 Å². The molecule has 0 bridgehead atoms. The number of furan rings is 1. The van der Waals surface area contributed by atoms with Crippen LogP contribution in [-0.2, 0) is 25.5 Å². The van der Waals surface area contributed by atoms with Crippen LogP contribution in [0, 0.1) is 5.92 Å². The van der Waals surface area contributed by atoms with Gasteiger partial charge in [-0.25, -0.2) is 0 Å². The number of carbonyl (C=O) groups excluding carboxylic acids is 3. The van der Waals surface area contributed by atoms with Crippen molar-refractivity contribution in [1.82, 2.24) is 10.2 Å². The first kappa shape index (κ1) is 24.0. The second-order valence-electron chi connectivity index (χ2n) is 8.94. The van der Waals surface area contributed by atoms with Gasteiger partial charge in [0, 0.05) is 43.5 Å². The van der Waals surface area contributed by atoms with Gasteiger partial charge < -0.3 is 24.7 Å². The van der Waals surface area contributed by atoms with E-state index < -0.39 is 11.8 Å². The van der Waals surface area contributed by atoms with E-state index in [2.05, 4.69) is 15.5 Å². The molecular formula is C25H32N4O5. The molecule has 3 heterocycles. The largest absolute Gasteiger partial charge is 0.468 e. The number of rotatable bonds is 6. The van der Waals surface area contributed by atoms with Crippen molar-refractivity contribution in [3.05, 3.63) is 47.9 Å². The van der Waals surface area contributed by atoms with Crippen LogP contribution in [0.4, 0.5) is 11.4 Å². The average Bonchev–Trinajstić information content (AvgIpc) is 3.38. The van der Waals surface area contributed by atoms with Crippen LogP contribution in [0.1, 0.15) is 37.6 Å². The number of amides is 3.